The first-order chi connectivity index (χ1) is 8.73. The molecule has 0 heterocycles. The molecule has 1 amide bonds. The summed E-state index contributed by atoms with van der Waals surface area (Å²) in [6, 6.07) is 4.08. The summed E-state index contributed by atoms with van der Waals surface area (Å²) in [5, 5.41) is 10.5. The van der Waals surface area contributed by atoms with Crippen LogP contribution in [0.1, 0.15) is 6.42 Å². The molecule has 0 bridgehead atoms. The molecular weight excluding hydrogens is 397 g/mol. The molecule has 0 radical (unpaired) electrons. The van der Waals surface area contributed by atoms with Gasteiger partial charge in [-0.2, -0.15) is 5.26 Å². The minimum atomic E-state index is -4.89. The van der Waals surface area contributed by atoms with Crippen molar-refractivity contribution in [1.82, 2.24) is 0 Å². The minimum absolute atomic E-state index is 0.187. The van der Waals surface area contributed by atoms with E-state index in [1.165, 1.54) is 6.07 Å². The van der Waals surface area contributed by atoms with Crippen LogP contribution >= 0.6 is 31.9 Å². The molecule has 0 aliphatic rings. The van der Waals surface area contributed by atoms with E-state index in [0.29, 0.717) is 4.47 Å². The molecule has 4 nitrogen and oxygen atoms in total. The number of carbonyl (C=O) groups is 1. The Hall–Kier alpha value is -1.27. The van der Waals surface area contributed by atoms with Gasteiger partial charge in [0.1, 0.15) is 6.42 Å². The predicted molar refractivity (Wildman–Crippen MR) is 67.4 cm³/mol. The highest BCUT2D eigenvalue weighted by Gasteiger charge is 2.33. The third kappa shape index (κ3) is 5.08. The van der Waals surface area contributed by atoms with Crippen LogP contribution in [0.2, 0.25) is 0 Å². The molecule has 0 aromatic heterocycles. The van der Waals surface area contributed by atoms with Crippen LogP contribution in [0.3, 0.4) is 0 Å². The van der Waals surface area contributed by atoms with E-state index in [9.17, 15) is 18.0 Å². The minimum Gasteiger partial charge on any atom is -0.403 e. The molecule has 19 heavy (non-hydrogen) atoms. The first kappa shape index (κ1) is 15.8. The summed E-state index contributed by atoms with van der Waals surface area (Å²) in [6.45, 7) is 0. The van der Waals surface area contributed by atoms with Crippen molar-refractivity contribution in [3.8, 4) is 11.8 Å². The van der Waals surface area contributed by atoms with Gasteiger partial charge in [-0.3, -0.25) is 4.79 Å². The van der Waals surface area contributed by atoms with Gasteiger partial charge in [-0.25, -0.2) is 0 Å². The fraction of sp³-hybridized carbons (Fsp3) is 0.200. The number of nitrogens with zero attached hydrogens (tertiary/aromatic N) is 1. The Morgan fingerprint density at radius 3 is 2.58 bits per heavy atom. The third-order valence-electron chi connectivity index (χ3n) is 1.75. The SMILES string of the molecule is N#CCC(=O)Nc1c(Br)cc(Br)cc1OC(F)(F)F. The summed E-state index contributed by atoms with van der Waals surface area (Å²) in [6.07, 6.45) is -5.37. The van der Waals surface area contributed by atoms with Gasteiger partial charge in [-0.1, -0.05) is 15.9 Å². The van der Waals surface area contributed by atoms with Crippen molar-refractivity contribution in [2.75, 3.05) is 5.32 Å². The van der Waals surface area contributed by atoms with Gasteiger partial charge in [0.15, 0.2) is 5.75 Å². The lowest BCUT2D eigenvalue weighted by Crippen LogP contribution is -2.19. The zero-order valence-electron chi connectivity index (χ0n) is 9.02. The van der Waals surface area contributed by atoms with Crippen molar-refractivity contribution in [3.05, 3.63) is 21.1 Å². The maximum Gasteiger partial charge on any atom is 0.573 e. The molecule has 0 saturated heterocycles. The van der Waals surface area contributed by atoms with Crippen LogP contribution in [0, 0.1) is 11.3 Å². The smallest absolute Gasteiger partial charge is 0.403 e. The van der Waals surface area contributed by atoms with Crippen LogP contribution in [-0.2, 0) is 4.79 Å². The summed E-state index contributed by atoms with van der Waals surface area (Å²) in [5.74, 6) is -1.32. The van der Waals surface area contributed by atoms with Crippen LogP contribution in [0.5, 0.6) is 5.75 Å². The van der Waals surface area contributed by atoms with E-state index in [4.69, 9.17) is 5.26 Å². The number of nitriles is 1. The number of alkyl halides is 3. The quantitative estimate of drug-likeness (QED) is 0.833. The number of amides is 1. The van der Waals surface area contributed by atoms with Gasteiger partial charge in [-0.05, 0) is 28.1 Å². The summed E-state index contributed by atoms with van der Waals surface area (Å²) in [5.41, 5.74) is -0.194. The van der Waals surface area contributed by atoms with Crippen LogP contribution < -0.4 is 10.1 Å². The number of halogens is 5. The van der Waals surface area contributed by atoms with E-state index in [0.717, 1.165) is 6.07 Å². The molecule has 9 heteroatoms. The maximum atomic E-state index is 12.3. The number of rotatable bonds is 3. The molecule has 0 aliphatic heterocycles. The monoisotopic (exact) mass is 400 g/mol. The Kier molecular flexibility index (Phi) is 5.20. The Balaban J connectivity index is 3.14. The van der Waals surface area contributed by atoms with Crippen molar-refractivity contribution >= 4 is 43.5 Å². The Morgan fingerprint density at radius 2 is 2.05 bits per heavy atom. The largest absolute Gasteiger partial charge is 0.573 e. The lowest BCUT2D eigenvalue weighted by Gasteiger charge is -2.15. The fourth-order valence-corrected chi connectivity index (χ4v) is 2.42. The van der Waals surface area contributed by atoms with Gasteiger partial charge in [0.2, 0.25) is 5.91 Å². The van der Waals surface area contributed by atoms with Crippen molar-refractivity contribution in [2.24, 2.45) is 0 Å². The normalized spacial score (nSPS) is 10.7. The van der Waals surface area contributed by atoms with E-state index < -0.39 is 24.4 Å². The summed E-state index contributed by atoms with van der Waals surface area (Å²) < 4.78 is 41.1. The molecular formula is C10H5Br2F3N2O2. The van der Waals surface area contributed by atoms with E-state index in [1.54, 1.807) is 6.07 Å². The number of hydrogen-bond donors (Lipinski definition) is 1. The highest BCUT2D eigenvalue weighted by molar-refractivity contribution is 9.11. The Bertz CT molecular complexity index is 541. The van der Waals surface area contributed by atoms with Crippen molar-refractivity contribution in [2.45, 2.75) is 12.8 Å². The number of anilines is 1. The van der Waals surface area contributed by atoms with E-state index in [1.807, 2.05) is 0 Å². The summed E-state index contributed by atoms with van der Waals surface area (Å²) in [4.78, 5) is 11.3. The first-order valence-electron chi connectivity index (χ1n) is 4.64. The van der Waals surface area contributed by atoms with E-state index in [2.05, 4.69) is 41.9 Å². The van der Waals surface area contributed by atoms with Crippen molar-refractivity contribution in [3.63, 3.8) is 0 Å². The second-order valence-corrected chi connectivity index (χ2v) is 4.96. The van der Waals surface area contributed by atoms with Gasteiger partial charge in [0, 0.05) is 8.95 Å². The molecule has 1 aromatic rings. The average molecular weight is 402 g/mol. The summed E-state index contributed by atoms with van der Waals surface area (Å²) in [7, 11) is 0. The molecule has 1 rings (SSSR count). The van der Waals surface area contributed by atoms with E-state index >= 15 is 0 Å². The zero-order chi connectivity index (χ0) is 14.6. The molecule has 0 aliphatic carbocycles. The van der Waals surface area contributed by atoms with Gasteiger partial charge in [0.25, 0.3) is 0 Å². The molecule has 0 atom stereocenters. The van der Waals surface area contributed by atoms with E-state index in [-0.39, 0.29) is 10.2 Å². The van der Waals surface area contributed by atoms with Gasteiger partial charge >= 0.3 is 6.36 Å². The molecule has 1 N–H and O–H groups in total. The van der Waals surface area contributed by atoms with Crippen LogP contribution in [0.25, 0.3) is 0 Å². The Labute approximate surface area is 122 Å². The number of ether oxygens (including phenoxy) is 1. The maximum absolute atomic E-state index is 12.3. The number of carbonyl (C=O) groups excluding carboxylic acids is 1. The molecule has 0 fully saturated rings. The van der Waals surface area contributed by atoms with Crippen molar-refractivity contribution < 1.29 is 22.7 Å². The van der Waals surface area contributed by atoms with Gasteiger partial charge in [-0.15, -0.1) is 13.2 Å². The second kappa shape index (κ2) is 6.25. The molecule has 0 unspecified atom stereocenters. The average Bonchev–Trinajstić information content (AvgIpc) is 2.21. The topological polar surface area (TPSA) is 62.1 Å². The second-order valence-electron chi connectivity index (χ2n) is 3.19. The summed E-state index contributed by atoms with van der Waals surface area (Å²) >= 11 is 6.02. The fourth-order valence-electron chi connectivity index (χ4n) is 1.13. The Morgan fingerprint density at radius 1 is 1.42 bits per heavy atom. The predicted octanol–water partition coefficient (Wildman–Crippen LogP) is 3.96. The molecule has 102 valence electrons. The standard InChI is InChI=1S/C10H5Br2F3N2O2/c11-5-3-6(12)9(17-8(18)1-2-16)7(4-5)19-10(13,14)15/h3-4H,1H2,(H,17,18). The van der Waals surface area contributed by atoms with Crippen LogP contribution in [-0.4, -0.2) is 12.3 Å². The van der Waals surface area contributed by atoms with Gasteiger partial charge in [0.05, 0.1) is 11.8 Å². The highest BCUT2D eigenvalue weighted by Crippen LogP contribution is 2.38. The lowest BCUT2D eigenvalue weighted by atomic mass is 10.3. The number of benzene rings is 1. The third-order valence-corrected chi connectivity index (χ3v) is 2.83. The van der Waals surface area contributed by atoms with Crippen molar-refractivity contribution in [1.29, 1.82) is 5.26 Å². The number of hydrogen-bond acceptors (Lipinski definition) is 3. The zero-order valence-corrected chi connectivity index (χ0v) is 12.2. The van der Waals surface area contributed by atoms with Crippen LogP contribution in [0.15, 0.2) is 21.1 Å². The van der Waals surface area contributed by atoms with Crippen LogP contribution in [0.4, 0.5) is 18.9 Å². The molecule has 0 spiro atoms. The first-order valence-corrected chi connectivity index (χ1v) is 6.23. The van der Waals surface area contributed by atoms with Gasteiger partial charge < -0.3 is 10.1 Å². The molecule has 1 aromatic carbocycles. The number of nitrogens with one attached hydrogen (secondary N) is 1. The lowest BCUT2D eigenvalue weighted by molar-refractivity contribution is -0.274. The molecule has 0 saturated carbocycles. The highest BCUT2D eigenvalue weighted by atomic mass is 79.9.